The van der Waals surface area contributed by atoms with Gasteiger partial charge in [0, 0.05) is 6.20 Å². The number of furan rings is 1. The lowest BCUT2D eigenvalue weighted by atomic mass is 10.2. The highest BCUT2D eigenvalue weighted by molar-refractivity contribution is 5.86. The summed E-state index contributed by atoms with van der Waals surface area (Å²) in [4.78, 5) is 12.0. The maximum Gasteiger partial charge on any atom is 0.374 e. The van der Waals surface area contributed by atoms with E-state index in [9.17, 15) is 4.79 Å². The standard InChI is InChI=1S/C19H20N2O4/c1-14-4-6-16(7-5-14)24-13-17-8-9-18(25-17)19(22)23-10-2-3-15-11-20-21-12-15/h4-9,11-12H,2-3,10,13H2,1H3,(H,20,21). The molecule has 2 heterocycles. The zero-order valence-corrected chi connectivity index (χ0v) is 14.0. The van der Waals surface area contributed by atoms with Crippen molar-refractivity contribution < 1.29 is 18.7 Å². The SMILES string of the molecule is Cc1ccc(OCc2ccc(C(=O)OCCCc3cn[nH]c3)o2)cc1. The Bertz CT molecular complexity index is 791. The second kappa shape index (κ2) is 8.19. The summed E-state index contributed by atoms with van der Waals surface area (Å²) in [5, 5.41) is 6.62. The predicted octanol–water partition coefficient (Wildman–Crippen LogP) is 3.68. The Morgan fingerprint density at radius 3 is 2.80 bits per heavy atom. The lowest BCUT2D eigenvalue weighted by Crippen LogP contribution is -2.06. The summed E-state index contributed by atoms with van der Waals surface area (Å²) in [5.74, 6) is 1.05. The quantitative estimate of drug-likeness (QED) is 0.500. The summed E-state index contributed by atoms with van der Waals surface area (Å²) in [6.45, 7) is 2.61. The number of ether oxygens (including phenoxy) is 2. The number of H-pyrrole nitrogens is 1. The van der Waals surface area contributed by atoms with Crippen molar-refractivity contribution in [1.29, 1.82) is 0 Å². The van der Waals surface area contributed by atoms with Crippen LogP contribution >= 0.6 is 0 Å². The Kier molecular flexibility index (Phi) is 5.51. The van der Waals surface area contributed by atoms with Gasteiger partial charge in [0.05, 0.1) is 12.8 Å². The summed E-state index contributed by atoms with van der Waals surface area (Å²) in [7, 11) is 0. The van der Waals surface area contributed by atoms with Gasteiger partial charge in [-0.2, -0.15) is 5.10 Å². The van der Waals surface area contributed by atoms with E-state index < -0.39 is 5.97 Å². The fraction of sp³-hybridized carbons (Fsp3) is 0.263. The lowest BCUT2D eigenvalue weighted by molar-refractivity contribution is 0.0460. The Morgan fingerprint density at radius 1 is 1.20 bits per heavy atom. The molecule has 0 amide bonds. The number of benzene rings is 1. The Hall–Kier alpha value is -3.02. The van der Waals surface area contributed by atoms with Crippen molar-refractivity contribution in [2.24, 2.45) is 0 Å². The molecule has 0 radical (unpaired) electrons. The van der Waals surface area contributed by atoms with Crippen LogP contribution in [0.2, 0.25) is 0 Å². The topological polar surface area (TPSA) is 77.4 Å². The summed E-state index contributed by atoms with van der Waals surface area (Å²) in [6, 6.07) is 11.1. The molecule has 0 unspecified atom stereocenters. The number of nitrogens with zero attached hydrogens (tertiary/aromatic N) is 1. The van der Waals surface area contributed by atoms with Crippen LogP contribution in [-0.2, 0) is 17.8 Å². The molecular formula is C19H20N2O4. The van der Waals surface area contributed by atoms with Gasteiger partial charge in [-0.3, -0.25) is 5.10 Å². The van der Waals surface area contributed by atoms with Crippen molar-refractivity contribution in [2.45, 2.75) is 26.4 Å². The van der Waals surface area contributed by atoms with Gasteiger partial charge in [-0.1, -0.05) is 17.7 Å². The van der Waals surface area contributed by atoms with E-state index in [2.05, 4.69) is 10.2 Å². The molecule has 6 heteroatoms. The van der Waals surface area contributed by atoms with E-state index in [0.717, 1.165) is 24.2 Å². The summed E-state index contributed by atoms with van der Waals surface area (Å²) in [5.41, 5.74) is 2.26. The van der Waals surface area contributed by atoms with Gasteiger partial charge >= 0.3 is 5.97 Å². The molecule has 0 spiro atoms. The zero-order chi connectivity index (χ0) is 17.5. The van der Waals surface area contributed by atoms with E-state index in [0.29, 0.717) is 12.4 Å². The third kappa shape index (κ3) is 4.97. The van der Waals surface area contributed by atoms with Crippen molar-refractivity contribution >= 4 is 5.97 Å². The molecule has 2 aromatic heterocycles. The van der Waals surface area contributed by atoms with Crippen LogP contribution < -0.4 is 4.74 Å². The average molecular weight is 340 g/mol. The summed E-state index contributed by atoms with van der Waals surface area (Å²) in [6.07, 6.45) is 5.12. The normalized spacial score (nSPS) is 10.6. The van der Waals surface area contributed by atoms with Crippen molar-refractivity contribution in [3.8, 4) is 5.75 Å². The molecule has 0 aliphatic heterocycles. The highest BCUT2D eigenvalue weighted by Crippen LogP contribution is 2.16. The first-order valence-electron chi connectivity index (χ1n) is 8.13. The molecule has 0 bridgehead atoms. The highest BCUT2D eigenvalue weighted by Gasteiger charge is 2.13. The lowest BCUT2D eigenvalue weighted by Gasteiger charge is -2.04. The number of carbonyl (C=O) groups excluding carboxylic acids is 1. The van der Waals surface area contributed by atoms with Crippen LogP contribution in [0.25, 0.3) is 0 Å². The Balaban J connectivity index is 1.42. The van der Waals surface area contributed by atoms with E-state index in [1.54, 1.807) is 18.3 Å². The van der Waals surface area contributed by atoms with Crippen LogP contribution in [0.15, 0.2) is 53.2 Å². The maximum absolute atomic E-state index is 12.0. The van der Waals surface area contributed by atoms with Gasteiger partial charge in [-0.15, -0.1) is 0 Å². The monoisotopic (exact) mass is 340 g/mol. The Labute approximate surface area is 145 Å². The van der Waals surface area contributed by atoms with Crippen molar-refractivity contribution in [1.82, 2.24) is 10.2 Å². The summed E-state index contributed by atoms with van der Waals surface area (Å²) < 4.78 is 16.3. The van der Waals surface area contributed by atoms with Crippen LogP contribution in [0, 0.1) is 6.92 Å². The van der Waals surface area contributed by atoms with E-state index in [4.69, 9.17) is 13.9 Å². The first-order valence-corrected chi connectivity index (χ1v) is 8.13. The number of esters is 1. The third-order valence-electron chi connectivity index (χ3n) is 3.66. The molecule has 3 rings (SSSR count). The molecule has 3 aromatic rings. The van der Waals surface area contributed by atoms with Gasteiger partial charge in [-0.25, -0.2) is 4.79 Å². The second-order valence-corrected chi connectivity index (χ2v) is 5.71. The van der Waals surface area contributed by atoms with E-state index in [-0.39, 0.29) is 12.4 Å². The molecule has 25 heavy (non-hydrogen) atoms. The van der Waals surface area contributed by atoms with Gasteiger partial charge < -0.3 is 13.9 Å². The average Bonchev–Trinajstić information content (AvgIpc) is 3.30. The first-order chi connectivity index (χ1) is 12.2. The van der Waals surface area contributed by atoms with Gasteiger partial charge in [0.25, 0.3) is 0 Å². The van der Waals surface area contributed by atoms with Crippen LogP contribution in [0.3, 0.4) is 0 Å². The van der Waals surface area contributed by atoms with Gasteiger partial charge in [0.2, 0.25) is 5.76 Å². The molecular weight excluding hydrogens is 320 g/mol. The summed E-state index contributed by atoms with van der Waals surface area (Å²) >= 11 is 0. The largest absolute Gasteiger partial charge is 0.486 e. The van der Waals surface area contributed by atoms with E-state index in [1.165, 1.54) is 5.56 Å². The third-order valence-corrected chi connectivity index (χ3v) is 3.66. The Morgan fingerprint density at radius 2 is 2.04 bits per heavy atom. The second-order valence-electron chi connectivity index (χ2n) is 5.71. The number of carbonyl (C=O) groups is 1. The number of hydrogen-bond donors (Lipinski definition) is 1. The van der Waals surface area contributed by atoms with E-state index >= 15 is 0 Å². The molecule has 0 saturated heterocycles. The van der Waals surface area contributed by atoms with Gasteiger partial charge in [0.15, 0.2) is 0 Å². The molecule has 1 aromatic carbocycles. The number of aromatic nitrogens is 2. The number of aryl methyl sites for hydroxylation is 2. The van der Waals surface area contributed by atoms with Gasteiger partial charge in [-0.05, 0) is 49.6 Å². The van der Waals surface area contributed by atoms with Crippen LogP contribution in [-0.4, -0.2) is 22.8 Å². The van der Waals surface area contributed by atoms with Crippen LogP contribution in [0.1, 0.15) is 33.9 Å². The molecule has 0 fully saturated rings. The smallest absolute Gasteiger partial charge is 0.374 e. The fourth-order valence-electron chi connectivity index (χ4n) is 2.28. The minimum absolute atomic E-state index is 0.186. The number of hydrogen-bond acceptors (Lipinski definition) is 5. The number of aromatic amines is 1. The highest BCUT2D eigenvalue weighted by atomic mass is 16.5. The predicted molar refractivity (Wildman–Crippen MR) is 91.4 cm³/mol. The molecule has 0 aliphatic rings. The minimum atomic E-state index is -0.464. The van der Waals surface area contributed by atoms with Gasteiger partial charge in [0.1, 0.15) is 18.1 Å². The van der Waals surface area contributed by atoms with Crippen molar-refractivity contribution in [3.05, 3.63) is 71.4 Å². The van der Waals surface area contributed by atoms with Crippen molar-refractivity contribution in [2.75, 3.05) is 6.61 Å². The zero-order valence-electron chi connectivity index (χ0n) is 14.0. The van der Waals surface area contributed by atoms with E-state index in [1.807, 2.05) is 37.4 Å². The van der Waals surface area contributed by atoms with Crippen LogP contribution in [0.5, 0.6) is 5.75 Å². The van der Waals surface area contributed by atoms with Crippen molar-refractivity contribution in [3.63, 3.8) is 0 Å². The molecule has 0 atom stereocenters. The molecule has 6 nitrogen and oxygen atoms in total. The number of nitrogens with one attached hydrogen (secondary N) is 1. The first kappa shape index (κ1) is 16.8. The molecule has 0 aliphatic carbocycles. The maximum atomic E-state index is 12.0. The molecule has 0 saturated carbocycles. The number of rotatable bonds is 8. The molecule has 130 valence electrons. The minimum Gasteiger partial charge on any atom is -0.486 e. The van der Waals surface area contributed by atoms with Crippen LogP contribution in [0.4, 0.5) is 0 Å². The molecule has 1 N–H and O–H groups in total. The fourth-order valence-corrected chi connectivity index (χ4v) is 2.28.